The molecule has 110 valence electrons. The zero-order chi connectivity index (χ0) is 14.4. The van der Waals surface area contributed by atoms with Crippen LogP contribution < -0.4 is 5.32 Å². The molecule has 6 nitrogen and oxygen atoms in total. The third-order valence-electron chi connectivity index (χ3n) is 3.36. The molecule has 1 atom stereocenters. The van der Waals surface area contributed by atoms with Crippen molar-refractivity contribution in [2.45, 2.75) is 49.4 Å². The maximum Gasteiger partial charge on any atom is 0.233 e. The van der Waals surface area contributed by atoms with Crippen molar-refractivity contribution in [1.29, 1.82) is 0 Å². The molecule has 0 spiro atoms. The van der Waals surface area contributed by atoms with E-state index in [9.17, 15) is 4.79 Å². The van der Waals surface area contributed by atoms with Gasteiger partial charge < -0.3 is 5.32 Å². The Balaban J connectivity index is 1.71. The molecular weight excluding hydrogens is 274 g/mol. The van der Waals surface area contributed by atoms with Gasteiger partial charge in [-0.05, 0) is 49.5 Å². The van der Waals surface area contributed by atoms with Gasteiger partial charge in [-0.1, -0.05) is 23.4 Å². The number of aryl methyl sites for hydroxylation is 1. The zero-order valence-corrected chi connectivity index (χ0v) is 12.8. The maximum absolute atomic E-state index is 12.0. The summed E-state index contributed by atoms with van der Waals surface area (Å²) in [4.78, 5) is 12.0. The quantitative estimate of drug-likeness (QED) is 0.639. The molecule has 1 aliphatic carbocycles. The average molecular weight is 295 g/mol. The normalized spacial score (nSPS) is 16.6. The standard InChI is InChI=1S/C13H21N5OS/c1-10(20-13-15-16-17-18(13)2)12(19)14-9-8-11-6-4-3-5-7-11/h6,10H,3-5,7-9H2,1-2H3,(H,14,19)/t10-/m0/s1. The Morgan fingerprint density at radius 2 is 2.40 bits per heavy atom. The van der Waals surface area contributed by atoms with Gasteiger partial charge in [0.05, 0.1) is 5.25 Å². The molecule has 0 aromatic carbocycles. The van der Waals surface area contributed by atoms with Crippen LogP contribution in [0.15, 0.2) is 16.8 Å². The van der Waals surface area contributed by atoms with Crippen LogP contribution in [-0.2, 0) is 11.8 Å². The number of carbonyl (C=O) groups is 1. The lowest BCUT2D eigenvalue weighted by molar-refractivity contribution is -0.120. The minimum atomic E-state index is -0.194. The number of nitrogens with zero attached hydrogens (tertiary/aromatic N) is 4. The highest BCUT2D eigenvalue weighted by Crippen LogP contribution is 2.20. The summed E-state index contributed by atoms with van der Waals surface area (Å²) in [5.41, 5.74) is 1.48. The first-order chi connectivity index (χ1) is 9.66. The molecule has 1 N–H and O–H groups in total. The van der Waals surface area contributed by atoms with E-state index >= 15 is 0 Å². The predicted molar refractivity (Wildman–Crippen MR) is 78.3 cm³/mol. The summed E-state index contributed by atoms with van der Waals surface area (Å²) in [5, 5.41) is 14.6. The van der Waals surface area contributed by atoms with Crippen LogP contribution in [-0.4, -0.2) is 37.9 Å². The molecule has 20 heavy (non-hydrogen) atoms. The van der Waals surface area contributed by atoms with Crippen LogP contribution in [0.1, 0.15) is 39.0 Å². The second kappa shape index (κ2) is 7.42. The Labute approximate surface area is 123 Å². The summed E-state index contributed by atoms with van der Waals surface area (Å²) in [7, 11) is 1.77. The van der Waals surface area contributed by atoms with Crippen molar-refractivity contribution in [3.63, 3.8) is 0 Å². The van der Waals surface area contributed by atoms with Gasteiger partial charge >= 0.3 is 0 Å². The second-order valence-electron chi connectivity index (χ2n) is 4.99. The minimum absolute atomic E-state index is 0.0365. The summed E-state index contributed by atoms with van der Waals surface area (Å²) in [6, 6.07) is 0. The fraction of sp³-hybridized carbons (Fsp3) is 0.692. The lowest BCUT2D eigenvalue weighted by Crippen LogP contribution is -2.32. The summed E-state index contributed by atoms with van der Waals surface area (Å²) < 4.78 is 1.57. The first-order valence-corrected chi connectivity index (χ1v) is 7.89. The number of tetrazole rings is 1. The van der Waals surface area contributed by atoms with Crippen molar-refractivity contribution in [2.75, 3.05) is 6.54 Å². The van der Waals surface area contributed by atoms with Gasteiger partial charge in [0.15, 0.2) is 0 Å². The smallest absolute Gasteiger partial charge is 0.233 e. The Morgan fingerprint density at radius 3 is 3.05 bits per heavy atom. The van der Waals surface area contributed by atoms with Crippen LogP contribution in [0.5, 0.6) is 0 Å². The van der Waals surface area contributed by atoms with E-state index in [0.29, 0.717) is 11.7 Å². The van der Waals surface area contributed by atoms with Gasteiger partial charge in [0.25, 0.3) is 0 Å². The van der Waals surface area contributed by atoms with Gasteiger partial charge in [0.2, 0.25) is 11.1 Å². The zero-order valence-electron chi connectivity index (χ0n) is 12.0. The Morgan fingerprint density at radius 1 is 1.55 bits per heavy atom. The third kappa shape index (κ3) is 4.33. The van der Waals surface area contributed by atoms with Gasteiger partial charge in [-0.25, -0.2) is 4.68 Å². The highest BCUT2D eigenvalue weighted by Gasteiger charge is 2.17. The largest absolute Gasteiger partial charge is 0.355 e. The van der Waals surface area contributed by atoms with Gasteiger partial charge in [0, 0.05) is 13.6 Å². The van der Waals surface area contributed by atoms with Gasteiger partial charge in [0.1, 0.15) is 0 Å². The number of aromatic nitrogens is 4. The van der Waals surface area contributed by atoms with Crippen LogP contribution in [0.2, 0.25) is 0 Å². The van der Waals surface area contributed by atoms with E-state index in [-0.39, 0.29) is 11.2 Å². The lowest BCUT2D eigenvalue weighted by atomic mass is 9.97. The van der Waals surface area contributed by atoms with Crippen LogP contribution in [0.25, 0.3) is 0 Å². The van der Waals surface area contributed by atoms with Crippen molar-refractivity contribution in [2.24, 2.45) is 7.05 Å². The van der Waals surface area contributed by atoms with E-state index < -0.39 is 0 Å². The highest BCUT2D eigenvalue weighted by molar-refractivity contribution is 8.00. The molecule has 0 bridgehead atoms. The van der Waals surface area contributed by atoms with Gasteiger partial charge in [-0.3, -0.25) is 4.79 Å². The van der Waals surface area contributed by atoms with Gasteiger partial charge in [-0.15, -0.1) is 5.10 Å². The maximum atomic E-state index is 12.0. The van der Waals surface area contributed by atoms with Crippen LogP contribution >= 0.6 is 11.8 Å². The third-order valence-corrected chi connectivity index (χ3v) is 4.49. The second-order valence-corrected chi connectivity index (χ2v) is 6.30. The number of allylic oxidation sites excluding steroid dienone is 1. The first kappa shape index (κ1) is 15.0. The topological polar surface area (TPSA) is 72.7 Å². The summed E-state index contributed by atoms with van der Waals surface area (Å²) in [6.07, 6.45) is 8.24. The van der Waals surface area contributed by atoms with E-state index in [1.165, 1.54) is 43.0 Å². The van der Waals surface area contributed by atoms with Gasteiger partial charge in [-0.2, -0.15) is 0 Å². The van der Waals surface area contributed by atoms with E-state index in [1.807, 2.05) is 6.92 Å². The molecule has 0 saturated carbocycles. The number of nitrogens with one attached hydrogen (secondary N) is 1. The fourth-order valence-electron chi connectivity index (χ4n) is 2.15. The van der Waals surface area contributed by atoms with Crippen molar-refractivity contribution in [3.8, 4) is 0 Å². The summed E-state index contributed by atoms with van der Waals surface area (Å²) in [5.74, 6) is 0.0365. The molecule has 1 amide bonds. The molecule has 7 heteroatoms. The Kier molecular flexibility index (Phi) is 5.58. The summed E-state index contributed by atoms with van der Waals surface area (Å²) in [6.45, 7) is 2.58. The molecule has 0 unspecified atom stereocenters. The van der Waals surface area contributed by atoms with Crippen molar-refractivity contribution in [3.05, 3.63) is 11.6 Å². The van der Waals surface area contributed by atoms with Crippen LogP contribution in [0.3, 0.4) is 0 Å². The fourth-order valence-corrected chi connectivity index (χ4v) is 2.93. The lowest BCUT2D eigenvalue weighted by Gasteiger charge is -2.14. The van der Waals surface area contributed by atoms with E-state index in [1.54, 1.807) is 11.7 Å². The number of hydrogen-bond donors (Lipinski definition) is 1. The number of rotatable bonds is 6. The molecule has 1 heterocycles. The number of amides is 1. The average Bonchev–Trinajstić information content (AvgIpc) is 2.85. The van der Waals surface area contributed by atoms with E-state index in [2.05, 4.69) is 26.9 Å². The molecule has 0 radical (unpaired) electrons. The molecule has 1 aliphatic rings. The monoisotopic (exact) mass is 295 g/mol. The van der Waals surface area contributed by atoms with E-state index in [4.69, 9.17) is 0 Å². The molecule has 0 fully saturated rings. The number of thioether (sulfide) groups is 1. The molecular formula is C13H21N5OS. The van der Waals surface area contributed by atoms with Crippen molar-refractivity contribution in [1.82, 2.24) is 25.5 Å². The number of carbonyl (C=O) groups excluding carboxylic acids is 1. The Hall–Kier alpha value is -1.37. The molecule has 1 aromatic heterocycles. The Bertz CT molecular complexity index is 485. The number of hydrogen-bond acceptors (Lipinski definition) is 5. The van der Waals surface area contributed by atoms with E-state index in [0.717, 1.165) is 6.42 Å². The van der Waals surface area contributed by atoms with Crippen molar-refractivity contribution < 1.29 is 4.79 Å². The molecule has 0 saturated heterocycles. The SMILES string of the molecule is C[C@H](Sc1nnnn1C)C(=O)NCCC1=CCCCC1. The molecule has 1 aromatic rings. The predicted octanol–water partition coefficient (Wildman–Crippen LogP) is 1.70. The van der Waals surface area contributed by atoms with Crippen LogP contribution in [0.4, 0.5) is 0 Å². The van der Waals surface area contributed by atoms with Crippen molar-refractivity contribution >= 4 is 17.7 Å². The highest BCUT2D eigenvalue weighted by atomic mass is 32.2. The summed E-state index contributed by atoms with van der Waals surface area (Å²) >= 11 is 1.37. The van der Waals surface area contributed by atoms with Crippen LogP contribution in [0, 0.1) is 0 Å². The first-order valence-electron chi connectivity index (χ1n) is 7.01. The molecule has 2 rings (SSSR count). The minimum Gasteiger partial charge on any atom is -0.355 e. The molecule has 0 aliphatic heterocycles.